The molecule has 1 amide bonds. The number of rotatable bonds is 3. The van der Waals surface area contributed by atoms with Crippen molar-refractivity contribution < 1.29 is 9.18 Å². The van der Waals surface area contributed by atoms with Crippen molar-refractivity contribution in [3.05, 3.63) is 41.5 Å². The molecule has 0 atom stereocenters. The first-order chi connectivity index (χ1) is 10.6. The lowest BCUT2D eigenvalue weighted by molar-refractivity contribution is 0.102. The standard InChI is InChI=1S/C15H18FN5O/c1-10-8-11(2-3-13(10)16)18-15(22)14-9-21(20-19-14)12-4-6-17-7-5-12/h2-3,8-9,12,17H,4-7H2,1H3,(H,18,22). The van der Waals surface area contributed by atoms with E-state index in [-0.39, 0.29) is 23.5 Å². The molecule has 3 rings (SSSR count). The highest BCUT2D eigenvalue weighted by Crippen LogP contribution is 2.18. The summed E-state index contributed by atoms with van der Waals surface area (Å²) >= 11 is 0. The molecule has 0 bridgehead atoms. The van der Waals surface area contributed by atoms with E-state index in [1.165, 1.54) is 12.1 Å². The largest absolute Gasteiger partial charge is 0.321 e. The van der Waals surface area contributed by atoms with Gasteiger partial charge in [-0.25, -0.2) is 9.07 Å². The van der Waals surface area contributed by atoms with Gasteiger partial charge in [-0.3, -0.25) is 4.79 Å². The zero-order valence-electron chi connectivity index (χ0n) is 12.3. The molecule has 2 N–H and O–H groups in total. The molecule has 2 aromatic rings. The molecule has 1 aromatic carbocycles. The molecule has 0 saturated carbocycles. The van der Waals surface area contributed by atoms with Crippen molar-refractivity contribution in [3.8, 4) is 0 Å². The fourth-order valence-electron chi connectivity index (χ4n) is 2.55. The number of anilines is 1. The minimum atomic E-state index is -0.341. The van der Waals surface area contributed by atoms with Crippen molar-refractivity contribution in [3.63, 3.8) is 0 Å². The summed E-state index contributed by atoms with van der Waals surface area (Å²) in [5.74, 6) is -0.638. The van der Waals surface area contributed by atoms with Crippen molar-refractivity contribution in [1.82, 2.24) is 20.3 Å². The maximum atomic E-state index is 13.2. The van der Waals surface area contributed by atoms with Gasteiger partial charge in [0.1, 0.15) is 5.82 Å². The number of amides is 1. The Morgan fingerprint density at radius 1 is 1.41 bits per heavy atom. The number of benzene rings is 1. The molecular formula is C15H18FN5O. The highest BCUT2D eigenvalue weighted by Gasteiger charge is 2.18. The number of nitrogens with zero attached hydrogens (tertiary/aromatic N) is 3. The van der Waals surface area contributed by atoms with Crippen LogP contribution in [0.3, 0.4) is 0 Å². The Balaban J connectivity index is 1.69. The Bertz CT molecular complexity index is 678. The van der Waals surface area contributed by atoms with Gasteiger partial charge in [0.15, 0.2) is 5.69 Å². The maximum absolute atomic E-state index is 13.2. The number of halogens is 1. The summed E-state index contributed by atoms with van der Waals surface area (Å²) in [7, 11) is 0. The molecule has 0 spiro atoms. The zero-order chi connectivity index (χ0) is 15.5. The Hall–Kier alpha value is -2.28. The molecule has 1 saturated heterocycles. The van der Waals surface area contributed by atoms with Crippen LogP contribution in [0.4, 0.5) is 10.1 Å². The van der Waals surface area contributed by atoms with Gasteiger partial charge in [0.25, 0.3) is 5.91 Å². The average molecular weight is 303 g/mol. The van der Waals surface area contributed by atoms with E-state index in [0.29, 0.717) is 11.3 Å². The molecular weight excluding hydrogens is 285 g/mol. The molecule has 0 aliphatic carbocycles. The van der Waals surface area contributed by atoms with Crippen LogP contribution in [-0.2, 0) is 0 Å². The van der Waals surface area contributed by atoms with Crippen molar-refractivity contribution in [2.45, 2.75) is 25.8 Å². The first-order valence-corrected chi connectivity index (χ1v) is 7.33. The molecule has 22 heavy (non-hydrogen) atoms. The van der Waals surface area contributed by atoms with E-state index < -0.39 is 0 Å². The summed E-state index contributed by atoms with van der Waals surface area (Å²) in [4.78, 5) is 12.2. The van der Waals surface area contributed by atoms with Crippen LogP contribution in [-0.4, -0.2) is 34.0 Å². The monoisotopic (exact) mass is 303 g/mol. The third kappa shape index (κ3) is 3.14. The predicted octanol–water partition coefficient (Wildman–Crippen LogP) is 1.90. The molecule has 1 aliphatic rings. The third-order valence-electron chi connectivity index (χ3n) is 3.84. The van der Waals surface area contributed by atoms with Gasteiger partial charge in [-0.1, -0.05) is 5.21 Å². The van der Waals surface area contributed by atoms with E-state index in [9.17, 15) is 9.18 Å². The summed E-state index contributed by atoms with van der Waals surface area (Å²) in [6.45, 7) is 3.54. The quantitative estimate of drug-likeness (QED) is 0.908. The second-order valence-corrected chi connectivity index (χ2v) is 5.48. The van der Waals surface area contributed by atoms with Crippen LogP contribution in [0.25, 0.3) is 0 Å². The van der Waals surface area contributed by atoms with Crippen LogP contribution < -0.4 is 10.6 Å². The number of carbonyl (C=O) groups excluding carboxylic acids is 1. The predicted molar refractivity (Wildman–Crippen MR) is 80.3 cm³/mol. The van der Waals surface area contributed by atoms with Crippen LogP contribution in [0.15, 0.2) is 24.4 Å². The summed E-state index contributed by atoms with van der Waals surface area (Å²) in [6, 6.07) is 4.72. The lowest BCUT2D eigenvalue weighted by Gasteiger charge is -2.22. The lowest BCUT2D eigenvalue weighted by Crippen LogP contribution is -2.29. The van der Waals surface area contributed by atoms with Crippen LogP contribution in [0.1, 0.15) is 34.9 Å². The number of piperidine rings is 1. The Morgan fingerprint density at radius 2 is 2.18 bits per heavy atom. The normalized spacial score (nSPS) is 15.7. The maximum Gasteiger partial charge on any atom is 0.277 e. The van der Waals surface area contributed by atoms with Crippen molar-refractivity contribution in [2.75, 3.05) is 18.4 Å². The van der Waals surface area contributed by atoms with E-state index in [1.54, 1.807) is 23.9 Å². The Morgan fingerprint density at radius 3 is 2.91 bits per heavy atom. The van der Waals surface area contributed by atoms with Gasteiger partial charge in [0.05, 0.1) is 12.2 Å². The number of nitrogens with one attached hydrogen (secondary N) is 2. The second-order valence-electron chi connectivity index (χ2n) is 5.48. The molecule has 7 heteroatoms. The number of hydrogen-bond donors (Lipinski definition) is 2. The third-order valence-corrected chi connectivity index (χ3v) is 3.84. The molecule has 116 valence electrons. The van der Waals surface area contributed by atoms with Crippen LogP contribution in [0, 0.1) is 12.7 Å². The van der Waals surface area contributed by atoms with Gasteiger partial charge in [0.2, 0.25) is 0 Å². The smallest absolute Gasteiger partial charge is 0.277 e. The van der Waals surface area contributed by atoms with Gasteiger partial charge in [-0.05, 0) is 56.6 Å². The first kappa shape index (κ1) is 14.6. The number of hydrogen-bond acceptors (Lipinski definition) is 4. The van der Waals surface area contributed by atoms with Gasteiger partial charge >= 0.3 is 0 Å². The molecule has 1 aliphatic heterocycles. The molecule has 2 heterocycles. The van der Waals surface area contributed by atoms with Gasteiger partial charge in [-0.15, -0.1) is 5.10 Å². The van der Waals surface area contributed by atoms with E-state index in [1.807, 2.05) is 0 Å². The summed E-state index contributed by atoms with van der Waals surface area (Å²) < 4.78 is 15.0. The number of aryl methyl sites for hydroxylation is 1. The Labute approximate surface area is 127 Å². The SMILES string of the molecule is Cc1cc(NC(=O)c2cn(C3CCNCC3)nn2)ccc1F. The minimum Gasteiger partial charge on any atom is -0.321 e. The zero-order valence-corrected chi connectivity index (χ0v) is 12.3. The van der Waals surface area contributed by atoms with Crippen molar-refractivity contribution in [1.29, 1.82) is 0 Å². The van der Waals surface area contributed by atoms with Crippen LogP contribution >= 0.6 is 0 Å². The van der Waals surface area contributed by atoms with Crippen LogP contribution in [0.2, 0.25) is 0 Å². The minimum absolute atomic E-state index is 0.264. The Kier molecular flexibility index (Phi) is 4.15. The fraction of sp³-hybridized carbons (Fsp3) is 0.400. The average Bonchev–Trinajstić information content (AvgIpc) is 3.02. The summed E-state index contributed by atoms with van der Waals surface area (Å²) in [6.07, 6.45) is 3.62. The molecule has 0 unspecified atom stereocenters. The topological polar surface area (TPSA) is 71.8 Å². The molecule has 1 fully saturated rings. The van der Waals surface area contributed by atoms with E-state index in [4.69, 9.17) is 0 Å². The van der Waals surface area contributed by atoms with Crippen LogP contribution in [0.5, 0.6) is 0 Å². The first-order valence-electron chi connectivity index (χ1n) is 7.33. The van der Waals surface area contributed by atoms with Gasteiger partial charge < -0.3 is 10.6 Å². The van der Waals surface area contributed by atoms with Crippen molar-refractivity contribution >= 4 is 11.6 Å². The van der Waals surface area contributed by atoms with Gasteiger partial charge in [0, 0.05) is 5.69 Å². The molecule has 1 aromatic heterocycles. The summed E-state index contributed by atoms with van der Waals surface area (Å²) in [5, 5.41) is 14.0. The molecule has 0 radical (unpaired) electrons. The molecule has 6 nitrogen and oxygen atoms in total. The fourth-order valence-corrected chi connectivity index (χ4v) is 2.55. The van der Waals surface area contributed by atoms with Gasteiger partial charge in [-0.2, -0.15) is 0 Å². The van der Waals surface area contributed by atoms with E-state index in [0.717, 1.165) is 25.9 Å². The second kappa shape index (κ2) is 6.23. The highest BCUT2D eigenvalue weighted by molar-refractivity contribution is 6.02. The summed E-state index contributed by atoms with van der Waals surface area (Å²) in [5.41, 5.74) is 1.29. The van der Waals surface area contributed by atoms with E-state index >= 15 is 0 Å². The lowest BCUT2D eigenvalue weighted by atomic mass is 10.1. The van der Waals surface area contributed by atoms with Crippen molar-refractivity contribution in [2.24, 2.45) is 0 Å². The highest BCUT2D eigenvalue weighted by atomic mass is 19.1. The number of aromatic nitrogens is 3. The number of carbonyl (C=O) groups is 1. The van der Waals surface area contributed by atoms with E-state index in [2.05, 4.69) is 20.9 Å².